The molecule has 18 heavy (non-hydrogen) atoms. The SMILES string of the molecule is COCc1nc(Cl)cc(NCc2cc(C)no2)n1. The highest BCUT2D eigenvalue weighted by Gasteiger charge is 2.05. The maximum atomic E-state index is 5.89. The van der Waals surface area contributed by atoms with E-state index in [4.69, 9.17) is 20.9 Å². The van der Waals surface area contributed by atoms with E-state index in [1.807, 2.05) is 13.0 Å². The molecule has 0 unspecified atom stereocenters. The molecule has 0 amide bonds. The number of halogens is 1. The molecule has 0 bridgehead atoms. The van der Waals surface area contributed by atoms with Gasteiger partial charge in [0.2, 0.25) is 0 Å². The Morgan fingerprint density at radius 1 is 1.39 bits per heavy atom. The molecule has 0 spiro atoms. The maximum Gasteiger partial charge on any atom is 0.158 e. The van der Waals surface area contributed by atoms with Crippen LogP contribution in [0, 0.1) is 6.92 Å². The molecule has 0 aliphatic heterocycles. The normalized spacial score (nSPS) is 10.6. The van der Waals surface area contributed by atoms with E-state index in [0.717, 1.165) is 11.5 Å². The molecule has 0 aromatic carbocycles. The number of hydrogen-bond donors (Lipinski definition) is 1. The molecule has 2 heterocycles. The zero-order valence-corrected chi connectivity index (χ0v) is 10.9. The van der Waals surface area contributed by atoms with Gasteiger partial charge in [0, 0.05) is 19.2 Å². The minimum Gasteiger partial charge on any atom is -0.377 e. The summed E-state index contributed by atoms with van der Waals surface area (Å²) in [5, 5.41) is 7.26. The summed E-state index contributed by atoms with van der Waals surface area (Å²) in [6.45, 7) is 2.67. The first-order chi connectivity index (χ1) is 8.67. The smallest absolute Gasteiger partial charge is 0.158 e. The molecule has 0 atom stereocenters. The van der Waals surface area contributed by atoms with Crippen LogP contribution in [0.1, 0.15) is 17.3 Å². The van der Waals surface area contributed by atoms with Crippen molar-refractivity contribution in [1.82, 2.24) is 15.1 Å². The molecule has 2 aromatic heterocycles. The van der Waals surface area contributed by atoms with Crippen LogP contribution in [0.2, 0.25) is 5.15 Å². The van der Waals surface area contributed by atoms with Crippen molar-refractivity contribution in [3.63, 3.8) is 0 Å². The van der Waals surface area contributed by atoms with Crippen LogP contribution < -0.4 is 5.32 Å². The molecular formula is C11H13ClN4O2. The zero-order chi connectivity index (χ0) is 13.0. The van der Waals surface area contributed by atoms with Gasteiger partial charge in [-0.25, -0.2) is 9.97 Å². The summed E-state index contributed by atoms with van der Waals surface area (Å²) >= 11 is 5.89. The van der Waals surface area contributed by atoms with Gasteiger partial charge < -0.3 is 14.6 Å². The molecule has 0 fully saturated rings. The van der Waals surface area contributed by atoms with Crippen LogP contribution in [0.4, 0.5) is 5.82 Å². The van der Waals surface area contributed by atoms with Gasteiger partial charge in [-0.1, -0.05) is 16.8 Å². The molecule has 2 aromatic rings. The van der Waals surface area contributed by atoms with Gasteiger partial charge in [0.25, 0.3) is 0 Å². The summed E-state index contributed by atoms with van der Waals surface area (Å²) in [5.74, 6) is 1.88. The number of anilines is 1. The first-order valence-corrected chi connectivity index (χ1v) is 5.73. The molecular weight excluding hydrogens is 256 g/mol. The third kappa shape index (κ3) is 3.41. The summed E-state index contributed by atoms with van der Waals surface area (Å²) < 4.78 is 10.0. The highest BCUT2D eigenvalue weighted by molar-refractivity contribution is 6.29. The second kappa shape index (κ2) is 5.79. The quantitative estimate of drug-likeness (QED) is 0.838. The Hall–Kier alpha value is -1.66. The molecule has 96 valence electrons. The zero-order valence-electron chi connectivity index (χ0n) is 10.1. The third-order valence-electron chi connectivity index (χ3n) is 2.14. The Labute approximate surface area is 109 Å². The molecule has 2 rings (SSSR count). The van der Waals surface area contributed by atoms with E-state index in [9.17, 15) is 0 Å². The highest BCUT2D eigenvalue weighted by atomic mass is 35.5. The van der Waals surface area contributed by atoms with Crippen molar-refractivity contribution in [3.8, 4) is 0 Å². The van der Waals surface area contributed by atoms with Crippen LogP contribution in [0.3, 0.4) is 0 Å². The van der Waals surface area contributed by atoms with Crippen molar-refractivity contribution in [1.29, 1.82) is 0 Å². The first kappa shape index (κ1) is 12.8. The Balaban J connectivity index is 2.04. The van der Waals surface area contributed by atoms with E-state index < -0.39 is 0 Å². The third-order valence-corrected chi connectivity index (χ3v) is 2.33. The van der Waals surface area contributed by atoms with Crippen molar-refractivity contribution in [3.05, 3.63) is 34.6 Å². The van der Waals surface area contributed by atoms with Crippen molar-refractivity contribution < 1.29 is 9.26 Å². The minimum absolute atomic E-state index is 0.316. The second-order valence-corrected chi connectivity index (χ2v) is 4.10. The van der Waals surface area contributed by atoms with Gasteiger partial charge in [-0.15, -0.1) is 0 Å². The summed E-state index contributed by atoms with van der Waals surface area (Å²) in [5.41, 5.74) is 0.840. The highest BCUT2D eigenvalue weighted by Crippen LogP contribution is 2.13. The molecule has 0 saturated carbocycles. The first-order valence-electron chi connectivity index (χ1n) is 5.36. The van der Waals surface area contributed by atoms with Crippen molar-refractivity contribution >= 4 is 17.4 Å². The van der Waals surface area contributed by atoms with Crippen molar-refractivity contribution in [2.24, 2.45) is 0 Å². The van der Waals surface area contributed by atoms with Gasteiger partial charge >= 0.3 is 0 Å². The Kier molecular flexibility index (Phi) is 4.11. The van der Waals surface area contributed by atoms with Crippen LogP contribution in [0.25, 0.3) is 0 Å². The number of hydrogen-bond acceptors (Lipinski definition) is 6. The number of nitrogens with zero attached hydrogens (tertiary/aromatic N) is 3. The second-order valence-electron chi connectivity index (χ2n) is 3.71. The van der Waals surface area contributed by atoms with Gasteiger partial charge in [-0.3, -0.25) is 0 Å². The number of methoxy groups -OCH3 is 1. The lowest BCUT2D eigenvalue weighted by Crippen LogP contribution is -2.04. The summed E-state index contributed by atoms with van der Waals surface area (Å²) in [6.07, 6.45) is 0. The minimum atomic E-state index is 0.316. The van der Waals surface area contributed by atoms with Crippen LogP contribution in [0.15, 0.2) is 16.7 Å². The van der Waals surface area contributed by atoms with E-state index in [2.05, 4.69) is 20.4 Å². The molecule has 0 aliphatic rings. The van der Waals surface area contributed by atoms with Crippen LogP contribution in [0.5, 0.6) is 0 Å². The summed E-state index contributed by atoms with van der Waals surface area (Å²) in [6, 6.07) is 3.50. The lowest BCUT2D eigenvalue weighted by Gasteiger charge is -2.05. The monoisotopic (exact) mass is 268 g/mol. The van der Waals surface area contributed by atoms with Crippen LogP contribution >= 0.6 is 11.6 Å². The Morgan fingerprint density at radius 2 is 2.22 bits per heavy atom. The number of ether oxygens (including phenoxy) is 1. The molecule has 0 radical (unpaired) electrons. The van der Waals surface area contributed by atoms with Gasteiger partial charge in [0.15, 0.2) is 11.6 Å². The lowest BCUT2D eigenvalue weighted by atomic mass is 10.4. The van der Waals surface area contributed by atoms with Crippen LogP contribution in [-0.4, -0.2) is 22.2 Å². The average molecular weight is 269 g/mol. The van der Waals surface area contributed by atoms with Gasteiger partial charge in [-0.2, -0.15) is 0 Å². The van der Waals surface area contributed by atoms with Crippen molar-refractivity contribution in [2.75, 3.05) is 12.4 Å². The molecule has 0 saturated heterocycles. The average Bonchev–Trinajstić information content (AvgIpc) is 2.72. The summed E-state index contributed by atoms with van der Waals surface area (Å²) in [4.78, 5) is 8.29. The van der Waals surface area contributed by atoms with Gasteiger partial charge in [0.1, 0.15) is 17.6 Å². The van der Waals surface area contributed by atoms with E-state index in [1.165, 1.54) is 0 Å². The maximum absolute atomic E-state index is 5.89. The predicted octanol–water partition coefficient (Wildman–Crippen LogP) is 2.18. The molecule has 6 nitrogen and oxygen atoms in total. The lowest BCUT2D eigenvalue weighted by molar-refractivity contribution is 0.178. The summed E-state index contributed by atoms with van der Waals surface area (Å²) in [7, 11) is 1.58. The van der Waals surface area contributed by atoms with Crippen LogP contribution in [-0.2, 0) is 17.9 Å². The van der Waals surface area contributed by atoms with E-state index in [1.54, 1.807) is 13.2 Å². The fourth-order valence-corrected chi connectivity index (χ4v) is 1.63. The fourth-order valence-electron chi connectivity index (χ4n) is 1.43. The van der Waals surface area contributed by atoms with Gasteiger partial charge in [0.05, 0.1) is 12.2 Å². The van der Waals surface area contributed by atoms with Gasteiger partial charge in [-0.05, 0) is 6.92 Å². The predicted molar refractivity (Wildman–Crippen MR) is 66.3 cm³/mol. The van der Waals surface area contributed by atoms with E-state index in [-0.39, 0.29) is 0 Å². The number of aromatic nitrogens is 3. The topological polar surface area (TPSA) is 73.1 Å². The molecule has 0 aliphatic carbocycles. The number of nitrogens with one attached hydrogen (secondary N) is 1. The Morgan fingerprint density at radius 3 is 2.89 bits per heavy atom. The van der Waals surface area contributed by atoms with E-state index >= 15 is 0 Å². The van der Waals surface area contributed by atoms with E-state index in [0.29, 0.717) is 29.9 Å². The number of aryl methyl sites for hydroxylation is 1. The fraction of sp³-hybridized carbons (Fsp3) is 0.364. The largest absolute Gasteiger partial charge is 0.377 e. The molecule has 7 heteroatoms. The standard InChI is InChI=1S/C11H13ClN4O2/c1-7-3-8(18-16-7)5-13-10-4-9(12)14-11(15-10)6-17-2/h3-4H,5-6H2,1-2H3,(H,13,14,15). The molecule has 1 N–H and O–H groups in total. The Bertz CT molecular complexity index is 530. The van der Waals surface area contributed by atoms with Crippen molar-refractivity contribution in [2.45, 2.75) is 20.1 Å². The number of rotatable bonds is 5.